The van der Waals surface area contributed by atoms with Gasteiger partial charge in [0.25, 0.3) is 17.2 Å². The molecule has 3 aromatic heterocycles. The molecule has 16 heteroatoms. The number of sulfonamides is 1. The van der Waals surface area contributed by atoms with Crippen LogP contribution in [0.2, 0.25) is 0 Å². The molecule has 1 saturated carbocycles. The molecular formula is C30H30FN7O7S. The van der Waals surface area contributed by atoms with Crippen molar-refractivity contribution in [2.45, 2.75) is 49.2 Å². The summed E-state index contributed by atoms with van der Waals surface area (Å²) in [5.74, 6) is 0.208. The number of anilines is 2. The van der Waals surface area contributed by atoms with Crippen LogP contribution >= 0.6 is 0 Å². The van der Waals surface area contributed by atoms with Gasteiger partial charge in [0.15, 0.2) is 23.1 Å². The van der Waals surface area contributed by atoms with Crippen LogP contribution in [0.15, 0.2) is 70.5 Å². The summed E-state index contributed by atoms with van der Waals surface area (Å²) in [4.78, 5) is 45.8. The summed E-state index contributed by atoms with van der Waals surface area (Å²) in [7, 11) is -2.54. The minimum atomic E-state index is -4.43. The van der Waals surface area contributed by atoms with Crippen LogP contribution in [0.3, 0.4) is 0 Å². The smallest absolute Gasteiger partial charge is 0.289 e. The second-order valence-electron chi connectivity index (χ2n) is 11.3. The van der Waals surface area contributed by atoms with Crippen LogP contribution in [0.1, 0.15) is 25.7 Å². The van der Waals surface area contributed by atoms with E-state index < -0.39 is 42.9 Å². The first-order chi connectivity index (χ1) is 22.0. The molecule has 14 nitrogen and oxygen atoms in total. The lowest BCUT2D eigenvalue weighted by molar-refractivity contribution is -0.387. The molecule has 240 valence electrons. The zero-order valence-corrected chi connectivity index (χ0v) is 25.4. The molecule has 1 atom stereocenters. The summed E-state index contributed by atoms with van der Waals surface area (Å²) in [5.41, 5.74) is -0.499. The highest BCUT2D eigenvalue weighted by Crippen LogP contribution is 2.35. The Bertz CT molecular complexity index is 2000. The van der Waals surface area contributed by atoms with Gasteiger partial charge in [-0.25, -0.2) is 22.5 Å². The van der Waals surface area contributed by atoms with E-state index in [4.69, 9.17) is 4.74 Å². The van der Waals surface area contributed by atoms with Crippen LogP contribution in [0.25, 0.3) is 11.0 Å². The van der Waals surface area contributed by atoms with Gasteiger partial charge in [-0.2, -0.15) is 0 Å². The highest BCUT2D eigenvalue weighted by Gasteiger charge is 2.35. The Labute approximate surface area is 262 Å². The van der Waals surface area contributed by atoms with Gasteiger partial charge in [-0.05, 0) is 55.9 Å². The number of ether oxygens (including phenoxy) is 1. The van der Waals surface area contributed by atoms with E-state index in [1.54, 1.807) is 12.1 Å². The molecule has 1 aliphatic heterocycles. The van der Waals surface area contributed by atoms with Gasteiger partial charge in [-0.15, -0.1) is 0 Å². The Morgan fingerprint density at radius 1 is 1.15 bits per heavy atom. The number of hydrogen-bond donors (Lipinski definition) is 2. The van der Waals surface area contributed by atoms with E-state index in [9.17, 15) is 32.5 Å². The highest BCUT2D eigenvalue weighted by atomic mass is 32.2. The summed E-state index contributed by atoms with van der Waals surface area (Å²) >= 11 is 0. The molecule has 0 radical (unpaired) electrons. The average Bonchev–Trinajstić information content (AvgIpc) is 3.05. The standard InChI is InChI=1S/C30H30FN7O7S/c1-36(27-12-11-25-30(33-27)34-28(39)17-45-25)20-8-6-18(7-9-20)22(35-46(43,44)26-5-3-2-4-23(26)38(41)42)16-37-24-14-19(31)15-32-21(24)10-13-29(37)40/h2-5,10-15,18,20,22,35H,6-9,16-17H2,1H3,(H,33,34,39). The normalized spacial score (nSPS) is 18.7. The highest BCUT2D eigenvalue weighted by molar-refractivity contribution is 7.89. The Kier molecular flexibility index (Phi) is 8.39. The van der Waals surface area contributed by atoms with Crippen molar-refractivity contribution in [1.82, 2.24) is 19.3 Å². The van der Waals surface area contributed by atoms with Gasteiger partial charge in [-0.1, -0.05) is 12.1 Å². The average molecular weight is 652 g/mol. The third-order valence-electron chi connectivity index (χ3n) is 8.52. The number of nitro benzene ring substituents is 1. The lowest BCUT2D eigenvalue weighted by Crippen LogP contribution is -2.47. The number of fused-ring (bicyclic) bond motifs is 2. The molecule has 6 rings (SSSR count). The van der Waals surface area contributed by atoms with E-state index in [-0.39, 0.29) is 36.5 Å². The first-order valence-electron chi connectivity index (χ1n) is 14.6. The minimum absolute atomic E-state index is 0.0213. The third-order valence-corrected chi connectivity index (χ3v) is 10.1. The molecule has 1 aromatic carbocycles. The van der Waals surface area contributed by atoms with Gasteiger partial charge >= 0.3 is 0 Å². The van der Waals surface area contributed by atoms with Crippen LogP contribution in [0.5, 0.6) is 5.75 Å². The van der Waals surface area contributed by atoms with E-state index in [0.717, 1.165) is 18.3 Å². The number of halogens is 1. The molecule has 4 heterocycles. The zero-order valence-electron chi connectivity index (χ0n) is 24.6. The fourth-order valence-corrected chi connectivity index (χ4v) is 7.60. The molecule has 0 spiro atoms. The number of amides is 1. The van der Waals surface area contributed by atoms with Crippen molar-refractivity contribution < 1.29 is 27.3 Å². The molecule has 46 heavy (non-hydrogen) atoms. The Morgan fingerprint density at radius 3 is 2.67 bits per heavy atom. The van der Waals surface area contributed by atoms with Gasteiger partial charge < -0.3 is 19.5 Å². The van der Waals surface area contributed by atoms with Crippen molar-refractivity contribution in [3.63, 3.8) is 0 Å². The second-order valence-corrected chi connectivity index (χ2v) is 13.0. The number of nitro groups is 1. The van der Waals surface area contributed by atoms with E-state index in [1.165, 1.54) is 34.9 Å². The third kappa shape index (κ3) is 6.25. The fourth-order valence-electron chi connectivity index (χ4n) is 6.14. The van der Waals surface area contributed by atoms with Crippen molar-refractivity contribution in [3.8, 4) is 5.75 Å². The predicted octanol–water partition coefficient (Wildman–Crippen LogP) is 3.21. The van der Waals surface area contributed by atoms with E-state index in [1.807, 2.05) is 11.9 Å². The molecule has 0 saturated heterocycles. The predicted molar refractivity (Wildman–Crippen MR) is 166 cm³/mol. The van der Waals surface area contributed by atoms with Gasteiger partial charge in [0.2, 0.25) is 10.0 Å². The Hall–Kier alpha value is -4.96. The molecular weight excluding hydrogens is 621 g/mol. The first kappa shape index (κ1) is 31.0. The summed E-state index contributed by atoms with van der Waals surface area (Å²) in [6.45, 7) is -0.231. The van der Waals surface area contributed by atoms with Crippen molar-refractivity contribution in [2.75, 3.05) is 23.9 Å². The number of aromatic nitrogens is 3. The number of hydrogen-bond acceptors (Lipinski definition) is 10. The quantitative estimate of drug-likeness (QED) is 0.202. The van der Waals surface area contributed by atoms with Crippen molar-refractivity contribution in [3.05, 3.63) is 87.1 Å². The summed E-state index contributed by atoms with van der Waals surface area (Å²) in [6, 6.07) is 11.6. The number of para-hydroxylation sites is 1. The Balaban J connectivity index is 1.28. The van der Waals surface area contributed by atoms with E-state index in [2.05, 4.69) is 20.0 Å². The number of nitrogens with zero attached hydrogens (tertiary/aromatic N) is 5. The molecule has 4 aromatic rings. The lowest BCUT2D eigenvalue weighted by atomic mass is 9.81. The van der Waals surface area contributed by atoms with Crippen LogP contribution in [-0.4, -0.2) is 59.5 Å². The molecule has 1 amide bonds. The first-order valence-corrected chi connectivity index (χ1v) is 16.1. The van der Waals surface area contributed by atoms with Gasteiger partial charge in [0, 0.05) is 43.9 Å². The maximum atomic E-state index is 14.2. The molecule has 2 N–H and O–H groups in total. The number of benzene rings is 1. The van der Waals surface area contributed by atoms with E-state index in [0.29, 0.717) is 48.6 Å². The van der Waals surface area contributed by atoms with Crippen molar-refractivity contribution >= 4 is 44.3 Å². The monoisotopic (exact) mass is 651 g/mol. The summed E-state index contributed by atoms with van der Waals surface area (Å²) in [5, 5.41) is 14.4. The van der Waals surface area contributed by atoms with Crippen LogP contribution < -0.4 is 25.2 Å². The van der Waals surface area contributed by atoms with Crippen LogP contribution in [0.4, 0.5) is 21.7 Å². The minimum Gasteiger partial charge on any atom is -0.480 e. The summed E-state index contributed by atoms with van der Waals surface area (Å²) in [6.07, 6.45) is 3.37. The van der Waals surface area contributed by atoms with E-state index >= 15 is 0 Å². The number of pyridine rings is 3. The Morgan fingerprint density at radius 2 is 1.91 bits per heavy atom. The SMILES string of the molecule is CN(c1ccc2c(n1)NC(=O)CO2)C1CCC(C(Cn2c(=O)ccc3ncc(F)cc32)NS(=O)(=O)c2ccccc2[N+](=O)[O-])CC1. The molecule has 1 fully saturated rings. The van der Waals surface area contributed by atoms with Crippen LogP contribution in [-0.2, 0) is 21.4 Å². The van der Waals surface area contributed by atoms with Crippen molar-refractivity contribution in [2.24, 2.45) is 5.92 Å². The maximum Gasteiger partial charge on any atom is 0.289 e. The zero-order chi connectivity index (χ0) is 32.6. The van der Waals surface area contributed by atoms with Crippen molar-refractivity contribution in [1.29, 1.82) is 0 Å². The van der Waals surface area contributed by atoms with Gasteiger partial charge in [0.05, 0.1) is 22.2 Å². The molecule has 0 bridgehead atoms. The van der Waals surface area contributed by atoms with Crippen LogP contribution in [0, 0.1) is 21.8 Å². The molecule has 1 aliphatic carbocycles. The number of nitrogens with one attached hydrogen (secondary N) is 2. The number of carbonyl (C=O) groups excluding carboxylic acids is 1. The van der Waals surface area contributed by atoms with Gasteiger partial charge in [0.1, 0.15) is 11.6 Å². The second kappa shape index (κ2) is 12.4. The fraction of sp³-hybridized carbons (Fsp3) is 0.333. The molecule has 2 aliphatic rings. The summed E-state index contributed by atoms with van der Waals surface area (Å²) < 4.78 is 50.9. The topological polar surface area (TPSA) is 179 Å². The van der Waals surface area contributed by atoms with Gasteiger partial charge in [-0.3, -0.25) is 24.7 Å². The lowest BCUT2D eigenvalue weighted by Gasteiger charge is -2.38. The molecule has 1 unspecified atom stereocenters. The number of carbonyl (C=O) groups is 1. The largest absolute Gasteiger partial charge is 0.480 e. The number of rotatable bonds is 9. The maximum absolute atomic E-state index is 14.2.